The number of anilines is 1. The van der Waals surface area contributed by atoms with Gasteiger partial charge in [-0.15, -0.1) is 0 Å². The van der Waals surface area contributed by atoms with Crippen molar-refractivity contribution in [2.24, 2.45) is 0 Å². The van der Waals surface area contributed by atoms with E-state index in [2.05, 4.69) is 64.2 Å². The number of nitrogens with two attached hydrogens (primary N) is 1. The lowest BCUT2D eigenvalue weighted by Crippen LogP contribution is -2.08. The number of aromatic nitrogens is 2. The van der Waals surface area contributed by atoms with Crippen LogP contribution in [0.25, 0.3) is 11.0 Å². The Balaban J connectivity index is 2.29. The van der Waals surface area contributed by atoms with Crippen LogP contribution in [0.4, 0.5) is 5.95 Å². The first-order chi connectivity index (χ1) is 8.63. The summed E-state index contributed by atoms with van der Waals surface area (Å²) in [6.45, 7) is 4.46. The van der Waals surface area contributed by atoms with Crippen LogP contribution in [-0.4, -0.2) is 9.55 Å². The standard InChI is InChI=1S/C14H20IN3/c1-3-4-5-6-10(2)18-13-8-7-11(15)9-12(13)17-14(18)16/h7-10H,3-6H2,1-2H3,(H2,16,17). The maximum absolute atomic E-state index is 6.06. The molecule has 1 aromatic carbocycles. The molecule has 0 fully saturated rings. The molecule has 0 saturated heterocycles. The van der Waals surface area contributed by atoms with E-state index in [9.17, 15) is 0 Å². The fourth-order valence-electron chi connectivity index (χ4n) is 2.37. The lowest BCUT2D eigenvalue weighted by Gasteiger charge is -2.15. The van der Waals surface area contributed by atoms with Gasteiger partial charge in [0.25, 0.3) is 0 Å². The zero-order chi connectivity index (χ0) is 13.1. The summed E-state index contributed by atoms with van der Waals surface area (Å²) in [6, 6.07) is 6.74. The molecule has 2 rings (SSSR count). The predicted octanol–water partition coefficient (Wildman–Crippen LogP) is 4.36. The van der Waals surface area contributed by atoms with E-state index in [1.165, 1.54) is 22.8 Å². The maximum atomic E-state index is 6.06. The number of unbranched alkanes of at least 4 members (excludes halogenated alkanes) is 2. The Bertz CT molecular complexity index is 533. The lowest BCUT2D eigenvalue weighted by molar-refractivity contribution is 0.492. The zero-order valence-corrected chi connectivity index (χ0v) is 13.1. The topological polar surface area (TPSA) is 43.8 Å². The van der Waals surface area contributed by atoms with E-state index in [1.54, 1.807) is 0 Å². The van der Waals surface area contributed by atoms with Gasteiger partial charge in [-0.25, -0.2) is 4.98 Å². The Morgan fingerprint density at radius 2 is 2.17 bits per heavy atom. The fraction of sp³-hybridized carbons (Fsp3) is 0.500. The Morgan fingerprint density at radius 1 is 1.39 bits per heavy atom. The van der Waals surface area contributed by atoms with E-state index in [0.29, 0.717) is 12.0 Å². The smallest absolute Gasteiger partial charge is 0.201 e. The van der Waals surface area contributed by atoms with Crippen LogP contribution in [0.1, 0.15) is 45.6 Å². The molecule has 3 nitrogen and oxygen atoms in total. The highest BCUT2D eigenvalue weighted by molar-refractivity contribution is 14.1. The van der Waals surface area contributed by atoms with Crippen molar-refractivity contribution >= 4 is 39.6 Å². The van der Waals surface area contributed by atoms with E-state index < -0.39 is 0 Å². The van der Waals surface area contributed by atoms with Crippen LogP contribution < -0.4 is 5.73 Å². The van der Waals surface area contributed by atoms with Crippen molar-refractivity contribution in [2.75, 3.05) is 5.73 Å². The van der Waals surface area contributed by atoms with Crippen molar-refractivity contribution in [1.82, 2.24) is 9.55 Å². The van der Waals surface area contributed by atoms with Gasteiger partial charge in [-0.3, -0.25) is 0 Å². The molecular formula is C14H20IN3. The molecule has 0 spiro atoms. The number of rotatable bonds is 5. The second-order valence-corrected chi connectivity index (χ2v) is 6.06. The molecule has 0 radical (unpaired) electrons. The minimum atomic E-state index is 0.418. The van der Waals surface area contributed by atoms with Gasteiger partial charge in [-0.1, -0.05) is 26.2 Å². The molecule has 1 unspecified atom stereocenters. The highest BCUT2D eigenvalue weighted by atomic mass is 127. The highest BCUT2D eigenvalue weighted by Gasteiger charge is 2.13. The average molecular weight is 357 g/mol. The Kier molecular flexibility index (Phi) is 4.48. The summed E-state index contributed by atoms with van der Waals surface area (Å²) < 4.78 is 3.37. The van der Waals surface area contributed by atoms with Crippen molar-refractivity contribution in [3.05, 3.63) is 21.8 Å². The number of nitrogen functional groups attached to an aromatic ring is 1. The second kappa shape index (κ2) is 5.91. The quantitative estimate of drug-likeness (QED) is 0.638. The van der Waals surface area contributed by atoms with Crippen molar-refractivity contribution < 1.29 is 0 Å². The van der Waals surface area contributed by atoms with Gasteiger partial charge in [0.2, 0.25) is 5.95 Å². The molecule has 1 heterocycles. The number of fused-ring (bicyclic) bond motifs is 1. The van der Waals surface area contributed by atoms with Crippen LogP contribution in [0.5, 0.6) is 0 Å². The van der Waals surface area contributed by atoms with Crippen LogP contribution in [0.2, 0.25) is 0 Å². The van der Waals surface area contributed by atoms with Crippen LogP contribution in [0, 0.1) is 3.57 Å². The van der Waals surface area contributed by atoms with Gasteiger partial charge >= 0.3 is 0 Å². The van der Waals surface area contributed by atoms with Crippen molar-refractivity contribution in [1.29, 1.82) is 0 Å². The molecular weight excluding hydrogens is 337 g/mol. The van der Waals surface area contributed by atoms with Crippen molar-refractivity contribution in [3.63, 3.8) is 0 Å². The van der Waals surface area contributed by atoms with E-state index in [-0.39, 0.29) is 0 Å². The van der Waals surface area contributed by atoms with Crippen LogP contribution in [-0.2, 0) is 0 Å². The predicted molar refractivity (Wildman–Crippen MR) is 85.7 cm³/mol. The number of benzene rings is 1. The van der Waals surface area contributed by atoms with E-state index in [0.717, 1.165) is 17.5 Å². The molecule has 0 bridgehead atoms. The van der Waals surface area contributed by atoms with E-state index >= 15 is 0 Å². The molecule has 1 aromatic heterocycles. The van der Waals surface area contributed by atoms with Crippen molar-refractivity contribution in [2.45, 2.75) is 45.6 Å². The minimum absolute atomic E-state index is 0.418. The SMILES string of the molecule is CCCCCC(C)n1c(N)nc2cc(I)ccc21. The molecule has 2 N–H and O–H groups in total. The third kappa shape index (κ3) is 2.79. The Morgan fingerprint density at radius 3 is 2.89 bits per heavy atom. The molecule has 0 aliphatic heterocycles. The number of hydrogen-bond donors (Lipinski definition) is 1. The third-order valence-electron chi connectivity index (χ3n) is 3.35. The molecule has 0 saturated carbocycles. The summed E-state index contributed by atoms with van der Waals surface area (Å²) in [6.07, 6.45) is 4.95. The molecule has 4 heteroatoms. The molecule has 0 aliphatic rings. The molecule has 2 aromatic rings. The van der Waals surface area contributed by atoms with Gasteiger partial charge in [-0.05, 0) is 54.1 Å². The summed E-state index contributed by atoms with van der Waals surface area (Å²) in [4.78, 5) is 4.46. The first-order valence-corrected chi connectivity index (χ1v) is 7.64. The fourth-order valence-corrected chi connectivity index (χ4v) is 2.85. The minimum Gasteiger partial charge on any atom is -0.369 e. The summed E-state index contributed by atoms with van der Waals surface area (Å²) >= 11 is 2.30. The molecule has 0 amide bonds. The first kappa shape index (κ1) is 13.6. The van der Waals surface area contributed by atoms with E-state index in [1.807, 2.05) is 0 Å². The molecule has 18 heavy (non-hydrogen) atoms. The monoisotopic (exact) mass is 357 g/mol. The number of nitrogens with zero attached hydrogens (tertiary/aromatic N) is 2. The Hall–Kier alpha value is -0.780. The molecule has 98 valence electrons. The normalized spacial score (nSPS) is 13.1. The summed E-state index contributed by atoms with van der Waals surface area (Å²) in [5.41, 5.74) is 8.21. The first-order valence-electron chi connectivity index (χ1n) is 6.56. The van der Waals surface area contributed by atoms with E-state index in [4.69, 9.17) is 5.73 Å². The van der Waals surface area contributed by atoms with Crippen LogP contribution >= 0.6 is 22.6 Å². The summed E-state index contributed by atoms with van der Waals surface area (Å²) in [5.74, 6) is 0.635. The van der Waals surface area contributed by atoms with Gasteiger partial charge in [0.05, 0.1) is 11.0 Å². The summed E-state index contributed by atoms with van der Waals surface area (Å²) in [7, 11) is 0. The maximum Gasteiger partial charge on any atom is 0.201 e. The van der Waals surface area contributed by atoms with Gasteiger partial charge in [0, 0.05) is 9.61 Å². The molecule has 1 atom stereocenters. The lowest BCUT2D eigenvalue weighted by atomic mass is 10.1. The van der Waals surface area contributed by atoms with Crippen molar-refractivity contribution in [3.8, 4) is 0 Å². The molecule has 0 aliphatic carbocycles. The van der Waals surface area contributed by atoms with Gasteiger partial charge < -0.3 is 10.3 Å². The number of imidazole rings is 1. The van der Waals surface area contributed by atoms with Gasteiger partial charge in [0.15, 0.2) is 0 Å². The van der Waals surface area contributed by atoms with Crippen LogP contribution in [0.15, 0.2) is 18.2 Å². The van der Waals surface area contributed by atoms with Gasteiger partial charge in [0.1, 0.15) is 0 Å². The Labute approximate surface area is 122 Å². The number of halogens is 1. The average Bonchev–Trinajstić information content (AvgIpc) is 2.64. The summed E-state index contributed by atoms with van der Waals surface area (Å²) in [5, 5.41) is 0. The highest BCUT2D eigenvalue weighted by Crippen LogP contribution is 2.26. The third-order valence-corrected chi connectivity index (χ3v) is 4.02. The van der Waals surface area contributed by atoms with Gasteiger partial charge in [-0.2, -0.15) is 0 Å². The van der Waals surface area contributed by atoms with Crippen LogP contribution in [0.3, 0.4) is 0 Å². The largest absolute Gasteiger partial charge is 0.369 e. The number of hydrogen-bond acceptors (Lipinski definition) is 2. The zero-order valence-electron chi connectivity index (χ0n) is 11.0. The second-order valence-electron chi connectivity index (χ2n) is 4.82.